The molecule has 0 aromatic heterocycles. The highest BCUT2D eigenvalue weighted by atomic mass is 19.1. The van der Waals surface area contributed by atoms with Crippen LogP contribution in [0.1, 0.15) is 76.8 Å². The summed E-state index contributed by atoms with van der Waals surface area (Å²) in [4.78, 5) is 0. The average molecular weight is 295 g/mol. The van der Waals surface area contributed by atoms with Gasteiger partial charge in [-0.15, -0.1) is 0 Å². The maximum absolute atomic E-state index is 13.7. The van der Waals surface area contributed by atoms with Crippen LogP contribution in [0.3, 0.4) is 0 Å². The van der Waals surface area contributed by atoms with Crippen molar-refractivity contribution in [2.24, 2.45) is 5.73 Å². The number of hydrogen-bond acceptors (Lipinski definition) is 2. The fourth-order valence-electron chi connectivity index (χ4n) is 2.39. The maximum atomic E-state index is 13.7. The lowest BCUT2D eigenvalue weighted by molar-refractivity contribution is 0.302. The molecule has 1 aromatic carbocycles. The Morgan fingerprint density at radius 3 is 2.24 bits per heavy atom. The lowest BCUT2D eigenvalue weighted by Crippen LogP contribution is -2.07. The monoisotopic (exact) mass is 295 g/mol. The van der Waals surface area contributed by atoms with Crippen LogP contribution in [0.4, 0.5) is 4.39 Å². The van der Waals surface area contributed by atoms with E-state index in [1.807, 2.05) is 0 Å². The van der Waals surface area contributed by atoms with Crippen LogP contribution in [0.15, 0.2) is 18.2 Å². The molecule has 0 fully saturated rings. The summed E-state index contributed by atoms with van der Waals surface area (Å²) in [5.74, 6) is 0.318. The van der Waals surface area contributed by atoms with Crippen LogP contribution in [-0.4, -0.2) is 6.61 Å². The van der Waals surface area contributed by atoms with E-state index in [4.69, 9.17) is 10.5 Å². The molecular weight excluding hydrogens is 265 g/mol. The molecule has 120 valence electrons. The van der Waals surface area contributed by atoms with Gasteiger partial charge in [-0.25, -0.2) is 4.39 Å². The predicted octanol–water partition coefficient (Wildman–Crippen LogP) is 5.36. The summed E-state index contributed by atoms with van der Waals surface area (Å²) in [6, 6.07) is 4.66. The molecule has 1 unspecified atom stereocenters. The summed E-state index contributed by atoms with van der Waals surface area (Å²) in [6.45, 7) is 4.67. The van der Waals surface area contributed by atoms with E-state index in [1.165, 1.54) is 51.0 Å². The Morgan fingerprint density at radius 2 is 1.67 bits per heavy atom. The molecule has 0 amide bonds. The Hall–Kier alpha value is -1.09. The number of halogens is 1. The second kappa shape index (κ2) is 10.6. The zero-order chi connectivity index (χ0) is 15.5. The van der Waals surface area contributed by atoms with E-state index in [9.17, 15) is 4.39 Å². The first-order valence-electron chi connectivity index (χ1n) is 8.33. The van der Waals surface area contributed by atoms with Gasteiger partial charge < -0.3 is 10.5 Å². The van der Waals surface area contributed by atoms with Gasteiger partial charge in [-0.1, -0.05) is 57.9 Å². The minimum absolute atomic E-state index is 0.279. The van der Waals surface area contributed by atoms with Crippen LogP contribution in [0.2, 0.25) is 0 Å². The minimum Gasteiger partial charge on any atom is -0.493 e. The van der Waals surface area contributed by atoms with E-state index in [-0.39, 0.29) is 11.9 Å². The van der Waals surface area contributed by atoms with Crippen LogP contribution in [-0.2, 0) is 0 Å². The predicted molar refractivity (Wildman–Crippen MR) is 87.1 cm³/mol. The van der Waals surface area contributed by atoms with Crippen LogP contribution in [0.5, 0.6) is 5.75 Å². The number of benzene rings is 1. The normalized spacial score (nSPS) is 12.4. The number of hydrogen-bond donors (Lipinski definition) is 1. The molecule has 0 aliphatic carbocycles. The highest BCUT2D eigenvalue weighted by molar-refractivity contribution is 5.30. The molecular formula is C18H30FNO. The molecule has 0 heterocycles. The van der Waals surface area contributed by atoms with Gasteiger partial charge in [-0.05, 0) is 19.4 Å². The van der Waals surface area contributed by atoms with Crippen molar-refractivity contribution in [3.8, 4) is 5.75 Å². The van der Waals surface area contributed by atoms with Gasteiger partial charge >= 0.3 is 0 Å². The molecule has 2 N–H and O–H groups in total. The Bertz CT molecular complexity index is 393. The molecule has 2 nitrogen and oxygen atoms in total. The quantitative estimate of drug-likeness (QED) is 0.557. The summed E-state index contributed by atoms with van der Waals surface area (Å²) >= 11 is 0. The van der Waals surface area contributed by atoms with Crippen LogP contribution < -0.4 is 10.5 Å². The standard InChI is InChI=1S/C18H30FNO/c1-3-4-5-6-7-8-9-10-13-21-16-11-12-17(15(2)20)18(19)14-16/h11-12,14-15H,3-10,13,20H2,1-2H3. The third-order valence-corrected chi connectivity index (χ3v) is 3.73. The molecule has 0 radical (unpaired) electrons. The van der Waals surface area contributed by atoms with Crippen molar-refractivity contribution in [3.63, 3.8) is 0 Å². The Morgan fingerprint density at radius 1 is 1.05 bits per heavy atom. The van der Waals surface area contributed by atoms with Crippen molar-refractivity contribution in [2.45, 2.75) is 71.3 Å². The molecule has 0 saturated carbocycles. The second-order valence-electron chi connectivity index (χ2n) is 5.80. The topological polar surface area (TPSA) is 35.2 Å². The minimum atomic E-state index is -0.285. The first-order chi connectivity index (χ1) is 10.1. The van der Waals surface area contributed by atoms with Crippen LogP contribution >= 0.6 is 0 Å². The molecule has 1 rings (SSSR count). The zero-order valence-corrected chi connectivity index (χ0v) is 13.5. The summed E-state index contributed by atoms with van der Waals surface area (Å²) in [5.41, 5.74) is 6.22. The molecule has 0 saturated heterocycles. The van der Waals surface area contributed by atoms with E-state index in [1.54, 1.807) is 19.1 Å². The van der Waals surface area contributed by atoms with Gasteiger partial charge in [0.25, 0.3) is 0 Å². The van der Waals surface area contributed by atoms with Crippen molar-refractivity contribution < 1.29 is 9.13 Å². The summed E-state index contributed by atoms with van der Waals surface area (Å²) in [5, 5.41) is 0. The molecule has 0 bridgehead atoms. The number of rotatable bonds is 11. The number of nitrogens with two attached hydrogens (primary N) is 1. The molecule has 0 aliphatic heterocycles. The van der Waals surface area contributed by atoms with Gasteiger partial charge in [0.2, 0.25) is 0 Å². The van der Waals surface area contributed by atoms with Gasteiger partial charge in [0, 0.05) is 17.7 Å². The number of ether oxygens (including phenoxy) is 1. The van der Waals surface area contributed by atoms with Crippen molar-refractivity contribution >= 4 is 0 Å². The van der Waals surface area contributed by atoms with Gasteiger partial charge in [0.1, 0.15) is 11.6 Å². The Balaban J connectivity index is 2.11. The van der Waals surface area contributed by atoms with E-state index in [0.29, 0.717) is 17.9 Å². The third-order valence-electron chi connectivity index (χ3n) is 3.73. The zero-order valence-electron chi connectivity index (χ0n) is 13.5. The third kappa shape index (κ3) is 7.47. The van der Waals surface area contributed by atoms with E-state index < -0.39 is 0 Å². The molecule has 1 atom stereocenters. The second-order valence-corrected chi connectivity index (χ2v) is 5.80. The lowest BCUT2D eigenvalue weighted by Gasteiger charge is -2.10. The largest absolute Gasteiger partial charge is 0.493 e. The first-order valence-corrected chi connectivity index (χ1v) is 8.33. The van der Waals surface area contributed by atoms with E-state index in [2.05, 4.69) is 6.92 Å². The van der Waals surface area contributed by atoms with E-state index >= 15 is 0 Å². The summed E-state index contributed by atoms with van der Waals surface area (Å²) in [6.07, 6.45) is 10.2. The Kier molecular flexibility index (Phi) is 9.07. The fourth-order valence-corrected chi connectivity index (χ4v) is 2.39. The highest BCUT2D eigenvalue weighted by Gasteiger charge is 2.07. The van der Waals surface area contributed by atoms with Crippen LogP contribution in [0.25, 0.3) is 0 Å². The van der Waals surface area contributed by atoms with Gasteiger partial charge in [0.15, 0.2) is 0 Å². The molecule has 3 heteroatoms. The average Bonchev–Trinajstić information content (AvgIpc) is 2.45. The maximum Gasteiger partial charge on any atom is 0.131 e. The van der Waals surface area contributed by atoms with Crippen molar-refractivity contribution in [1.29, 1.82) is 0 Å². The smallest absolute Gasteiger partial charge is 0.131 e. The fraction of sp³-hybridized carbons (Fsp3) is 0.667. The summed E-state index contributed by atoms with van der Waals surface area (Å²) in [7, 11) is 0. The Labute approximate surface area is 128 Å². The lowest BCUT2D eigenvalue weighted by atomic mass is 10.1. The van der Waals surface area contributed by atoms with Crippen molar-refractivity contribution in [3.05, 3.63) is 29.6 Å². The molecule has 0 spiro atoms. The van der Waals surface area contributed by atoms with Gasteiger partial charge in [-0.3, -0.25) is 0 Å². The van der Waals surface area contributed by atoms with Crippen molar-refractivity contribution in [1.82, 2.24) is 0 Å². The molecule has 0 aliphatic rings. The first kappa shape index (κ1) is 18.0. The highest BCUT2D eigenvalue weighted by Crippen LogP contribution is 2.20. The van der Waals surface area contributed by atoms with Gasteiger partial charge in [-0.2, -0.15) is 0 Å². The summed E-state index contributed by atoms with van der Waals surface area (Å²) < 4.78 is 19.3. The molecule has 21 heavy (non-hydrogen) atoms. The SMILES string of the molecule is CCCCCCCCCCOc1ccc(C(C)N)c(F)c1. The molecule has 1 aromatic rings. The van der Waals surface area contributed by atoms with Gasteiger partial charge in [0.05, 0.1) is 6.61 Å². The van der Waals surface area contributed by atoms with E-state index in [0.717, 1.165) is 6.42 Å². The number of unbranched alkanes of at least 4 members (excludes halogenated alkanes) is 7. The van der Waals surface area contributed by atoms with Crippen LogP contribution in [0, 0.1) is 5.82 Å². The van der Waals surface area contributed by atoms with Crippen molar-refractivity contribution in [2.75, 3.05) is 6.61 Å².